The molecule has 2 aromatic carbocycles. The lowest BCUT2D eigenvalue weighted by Crippen LogP contribution is -2.36. The first-order valence-electron chi connectivity index (χ1n) is 25.2. The number of phenols is 2. The quantitative estimate of drug-likeness (QED) is 0.118. The Bertz CT molecular complexity index is 1940. The average Bonchev–Trinajstić information content (AvgIpc) is 4.12. The molecule has 10 aliphatic rings. The van der Waals surface area contributed by atoms with E-state index in [0.29, 0.717) is 68.8 Å². The van der Waals surface area contributed by atoms with Crippen LogP contribution in [-0.2, 0) is 44.0 Å². The summed E-state index contributed by atoms with van der Waals surface area (Å²) in [6, 6.07) is 8.65. The molecule has 0 aromatic heterocycles. The predicted octanol–water partition coefficient (Wildman–Crippen LogP) is 11.9. The lowest BCUT2D eigenvalue weighted by molar-refractivity contribution is 0.0227. The minimum Gasteiger partial charge on any atom is -0.768 e. The van der Waals surface area contributed by atoms with Gasteiger partial charge in [0, 0.05) is 56.8 Å². The van der Waals surface area contributed by atoms with Gasteiger partial charge in [-0.15, -0.1) is 0 Å². The van der Waals surface area contributed by atoms with Gasteiger partial charge in [0.2, 0.25) is 0 Å². The fourth-order valence-electron chi connectivity index (χ4n) is 16.6. The molecule has 8 saturated carbocycles. The Kier molecular flexibility index (Phi) is 14.8. The third kappa shape index (κ3) is 9.71. The summed E-state index contributed by atoms with van der Waals surface area (Å²) in [6.45, 7) is 7.97. The molecule has 66 heavy (non-hydrogen) atoms. The Morgan fingerprint density at radius 2 is 0.818 bits per heavy atom. The Labute approximate surface area is 401 Å². The van der Waals surface area contributed by atoms with E-state index in [1.165, 1.54) is 97.0 Å². The highest BCUT2D eigenvalue weighted by molar-refractivity contribution is 7.97. The van der Waals surface area contributed by atoms with Gasteiger partial charge in [-0.1, -0.05) is 0 Å². The van der Waals surface area contributed by atoms with Gasteiger partial charge in [0.15, 0.2) is 9.79 Å². The number of hydrogen-bond donors (Lipinski definition) is 2. The van der Waals surface area contributed by atoms with Crippen LogP contribution < -0.4 is 0 Å². The number of alkyl halides is 4. The standard InChI is InChI=1S/2C14H20F2O2S.2C12H16OS/c2*15-14(16,19(17)18)6-10-4-9-5-11(10)13-8-2-1-7(3-8)12(9)13;2*1-9-7-11(8-10(2)12(9)13)14-5-3-4-6-14/h2*7-13H,1-6H2,(H,17,18);2*7-8H,3-6H2,1-2H3. The molecule has 8 aliphatic carbocycles. The fraction of sp³-hybridized carbons (Fsp3) is 0.769. The van der Waals surface area contributed by atoms with Crippen molar-refractivity contribution in [3.8, 4) is 11.5 Å². The molecule has 2 saturated heterocycles. The maximum absolute atomic E-state index is 13.4. The summed E-state index contributed by atoms with van der Waals surface area (Å²) in [5.74, 6) is 14.4. The van der Waals surface area contributed by atoms with Crippen molar-refractivity contribution in [1.82, 2.24) is 0 Å². The molecule has 368 valence electrons. The maximum Gasteiger partial charge on any atom is 0.309 e. The van der Waals surface area contributed by atoms with Gasteiger partial charge in [-0.3, -0.25) is 8.42 Å². The number of halogens is 4. The first-order valence-corrected chi connectivity index (χ1v) is 30.5. The Hall–Kier alpha value is -1.32. The first kappa shape index (κ1) is 49.7. The largest absolute Gasteiger partial charge is 0.768 e. The Balaban J connectivity index is 0.000000112. The van der Waals surface area contributed by atoms with Gasteiger partial charge in [-0.05, 0) is 247 Å². The third-order valence-electron chi connectivity index (χ3n) is 18.9. The second-order valence-corrected chi connectivity index (χ2v) is 29.1. The molecule has 16 unspecified atom stereocenters. The number of fused-ring (bicyclic) bond motifs is 18. The van der Waals surface area contributed by atoms with E-state index in [4.69, 9.17) is 0 Å². The van der Waals surface area contributed by atoms with Crippen LogP contribution in [0, 0.1) is 111 Å². The molecule has 16 atom stereocenters. The van der Waals surface area contributed by atoms with Gasteiger partial charge in [-0.2, -0.15) is 17.6 Å². The van der Waals surface area contributed by atoms with Crippen LogP contribution in [0.3, 0.4) is 0 Å². The van der Waals surface area contributed by atoms with Crippen LogP contribution >= 0.6 is 0 Å². The van der Waals surface area contributed by atoms with Crippen LogP contribution in [0.4, 0.5) is 17.6 Å². The second-order valence-electron chi connectivity index (χ2n) is 22.5. The smallest absolute Gasteiger partial charge is 0.309 e. The SMILES string of the molecule is Cc1cc([S+]2CCCC2)cc(C)c1O.Cc1cc([S+]2CCCC2)cc(C)c1O.O=S([O-])C(F)(F)CC1CC2CC1C1C3CCC(C3)C21.O=S([O-])C(F)(F)CC1CC2CC1C1C3CCC(C3)C21. The van der Waals surface area contributed by atoms with E-state index in [-0.39, 0.29) is 11.8 Å². The number of benzene rings is 2. The van der Waals surface area contributed by atoms with E-state index in [1.54, 1.807) is 0 Å². The summed E-state index contributed by atoms with van der Waals surface area (Å²) >= 11 is -6.53. The van der Waals surface area contributed by atoms with Crippen LogP contribution in [-0.4, -0.2) is 61.3 Å². The molecule has 14 heteroatoms. The highest BCUT2D eigenvalue weighted by Gasteiger charge is 2.64. The minimum absolute atomic E-state index is 0.0569. The van der Waals surface area contributed by atoms with Gasteiger partial charge in [0.05, 0.1) is 0 Å². The number of rotatable bonds is 8. The van der Waals surface area contributed by atoms with Gasteiger partial charge in [0.25, 0.3) is 0 Å². The van der Waals surface area contributed by atoms with Crippen LogP contribution in [0.2, 0.25) is 0 Å². The van der Waals surface area contributed by atoms with E-state index in [9.17, 15) is 45.3 Å². The molecule has 6 nitrogen and oxygen atoms in total. The summed E-state index contributed by atoms with van der Waals surface area (Å²) in [7, 11) is 0.939. The van der Waals surface area contributed by atoms with Crippen molar-refractivity contribution in [2.75, 3.05) is 23.0 Å². The molecule has 8 bridgehead atoms. The van der Waals surface area contributed by atoms with Gasteiger partial charge >= 0.3 is 10.5 Å². The van der Waals surface area contributed by atoms with Crippen molar-refractivity contribution in [3.05, 3.63) is 46.5 Å². The second kappa shape index (κ2) is 19.7. The summed E-state index contributed by atoms with van der Waals surface area (Å²) < 4.78 is 96.2. The van der Waals surface area contributed by atoms with Crippen molar-refractivity contribution >= 4 is 44.0 Å². The zero-order valence-electron chi connectivity index (χ0n) is 39.2. The van der Waals surface area contributed by atoms with Crippen molar-refractivity contribution < 1.29 is 45.3 Å². The van der Waals surface area contributed by atoms with Crippen LogP contribution in [0.15, 0.2) is 34.1 Å². The fourth-order valence-corrected chi connectivity index (χ4v) is 22.2. The van der Waals surface area contributed by atoms with Gasteiger partial charge in [-0.25, -0.2) is 0 Å². The van der Waals surface area contributed by atoms with Crippen molar-refractivity contribution in [2.24, 2.45) is 82.9 Å². The molecule has 2 aliphatic heterocycles. The van der Waals surface area contributed by atoms with E-state index < -0.39 is 45.5 Å². The summed E-state index contributed by atoms with van der Waals surface area (Å²) in [4.78, 5) is 2.91. The van der Waals surface area contributed by atoms with Crippen LogP contribution in [0.25, 0.3) is 0 Å². The van der Waals surface area contributed by atoms with Crippen LogP contribution in [0.5, 0.6) is 11.5 Å². The monoisotopic (exact) mass is 996 g/mol. The van der Waals surface area contributed by atoms with Crippen molar-refractivity contribution in [1.29, 1.82) is 0 Å². The molecule has 0 amide bonds. The highest BCUT2D eigenvalue weighted by atomic mass is 32.2. The van der Waals surface area contributed by atoms with Crippen molar-refractivity contribution in [3.63, 3.8) is 0 Å². The number of aromatic hydroxyl groups is 2. The number of phenolic OH excluding ortho intramolecular Hbond substituents is 2. The highest BCUT2D eigenvalue weighted by Crippen LogP contribution is 2.71. The number of hydrogen-bond acceptors (Lipinski definition) is 6. The lowest BCUT2D eigenvalue weighted by Gasteiger charge is -2.39. The van der Waals surface area contributed by atoms with Gasteiger partial charge in [0.1, 0.15) is 34.5 Å². The first-order chi connectivity index (χ1) is 31.3. The molecule has 2 N–H and O–H groups in total. The zero-order valence-corrected chi connectivity index (χ0v) is 42.5. The lowest BCUT2D eigenvalue weighted by atomic mass is 9.67. The summed E-state index contributed by atoms with van der Waals surface area (Å²) in [5.41, 5.74) is 4.11. The van der Waals surface area contributed by atoms with Crippen molar-refractivity contribution in [2.45, 2.75) is 151 Å². The molecule has 0 spiro atoms. The predicted molar refractivity (Wildman–Crippen MR) is 256 cm³/mol. The van der Waals surface area contributed by atoms with Crippen LogP contribution in [0.1, 0.15) is 125 Å². The van der Waals surface area contributed by atoms with E-state index >= 15 is 0 Å². The maximum atomic E-state index is 13.4. The molecular weight excluding hydrogens is 925 g/mol. The summed E-state index contributed by atoms with van der Waals surface area (Å²) in [5, 5.41) is 12.3. The van der Waals surface area contributed by atoms with Gasteiger partial charge < -0.3 is 19.3 Å². The Morgan fingerprint density at radius 1 is 0.515 bits per heavy atom. The number of aryl methyl sites for hydroxylation is 4. The molecule has 2 heterocycles. The molecule has 12 rings (SSSR count). The summed E-state index contributed by atoms with van der Waals surface area (Å²) in [6.07, 6.45) is 16.4. The average molecular weight is 997 g/mol. The molecule has 0 radical (unpaired) electrons. The normalized spacial score (nSPS) is 37.8. The van der Waals surface area contributed by atoms with E-state index in [0.717, 1.165) is 83.4 Å². The van der Waals surface area contributed by atoms with E-state index in [1.807, 2.05) is 27.7 Å². The zero-order chi connectivity index (χ0) is 47.0. The molecule has 10 fully saturated rings. The Morgan fingerprint density at radius 3 is 1.12 bits per heavy atom. The minimum atomic E-state index is -3.53. The molecule has 2 aromatic rings. The molecular formula is C52H72F4O6S4. The third-order valence-corrected chi connectivity index (χ3v) is 25.1. The topological polar surface area (TPSA) is 121 Å². The van der Waals surface area contributed by atoms with E-state index in [2.05, 4.69) is 24.3 Å².